The molecule has 0 radical (unpaired) electrons. The van der Waals surface area contributed by atoms with Gasteiger partial charge in [-0.2, -0.15) is 0 Å². The number of hydrogen-bond acceptors (Lipinski definition) is 3. The Bertz CT molecular complexity index is 707. The van der Waals surface area contributed by atoms with Crippen LogP contribution in [0.4, 0.5) is 0 Å². The van der Waals surface area contributed by atoms with Crippen LogP contribution >= 0.6 is 0 Å². The lowest BCUT2D eigenvalue weighted by Gasteiger charge is -2.13. The van der Waals surface area contributed by atoms with Crippen molar-refractivity contribution < 1.29 is 5.11 Å². The van der Waals surface area contributed by atoms with Crippen LogP contribution < -0.4 is 5.32 Å². The molecule has 2 aromatic carbocycles. The summed E-state index contributed by atoms with van der Waals surface area (Å²) >= 11 is 0. The molecule has 21 heavy (non-hydrogen) atoms. The van der Waals surface area contributed by atoms with Crippen molar-refractivity contribution in [2.75, 3.05) is 6.54 Å². The van der Waals surface area contributed by atoms with Gasteiger partial charge in [0.05, 0.1) is 11.6 Å². The average Bonchev–Trinajstić information content (AvgIpc) is 2.56. The number of nitrogens with one attached hydrogen (secondary N) is 1. The Hall–Kier alpha value is -2.23. The van der Waals surface area contributed by atoms with Crippen LogP contribution in [-0.2, 0) is 6.54 Å². The highest BCUT2D eigenvalue weighted by Gasteiger charge is 2.07. The molecule has 0 aliphatic heterocycles. The quantitative estimate of drug-likeness (QED) is 0.754. The van der Waals surface area contributed by atoms with Gasteiger partial charge in [-0.15, -0.1) is 0 Å². The van der Waals surface area contributed by atoms with Crippen LogP contribution in [0, 0.1) is 0 Å². The van der Waals surface area contributed by atoms with Crippen molar-refractivity contribution in [1.29, 1.82) is 0 Å². The molecule has 0 bridgehead atoms. The van der Waals surface area contributed by atoms with E-state index in [9.17, 15) is 5.11 Å². The Kier molecular flexibility index (Phi) is 4.24. The number of aliphatic hydroxyl groups excluding tert-OH is 1. The molecule has 0 saturated carbocycles. The molecular weight excluding hydrogens is 260 g/mol. The summed E-state index contributed by atoms with van der Waals surface area (Å²) in [5, 5.41) is 14.6. The maximum absolute atomic E-state index is 10.1. The summed E-state index contributed by atoms with van der Waals surface area (Å²) in [4.78, 5) is 4.43. The van der Waals surface area contributed by atoms with Gasteiger partial charge in [-0.25, -0.2) is 0 Å². The Balaban J connectivity index is 1.65. The van der Waals surface area contributed by atoms with E-state index in [0.717, 1.165) is 22.0 Å². The summed E-state index contributed by atoms with van der Waals surface area (Å²) < 4.78 is 0. The Morgan fingerprint density at radius 3 is 2.62 bits per heavy atom. The van der Waals surface area contributed by atoms with E-state index >= 15 is 0 Å². The van der Waals surface area contributed by atoms with Gasteiger partial charge in [0.1, 0.15) is 0 Å². The molecule has 3 heteroatoms. The van der Waals surface area contributed by atoms with E-state index in [1.54, 1.807) is 0 Å². The number of nitrogens with zero attached hydrogens (tertiary/aromatic N) is 1. The van der Waals surface area contributed by atoms with E-state index in [2.05, 4.69) is 28.5 Å². The van der Waals surface area contributed by atoms with E-state index in [1.165, 1.54) is 0 Å². The summed E-state index contributed by atoms with van der Waals surface area (Å²) in [5.41, 5.74) is 3.09. The average molecular weight is 278 g/mol. The van der Waals surface area contributed by atoms with Gasteiger partial charge in [0, 0.05) is 24.7 Å². The fraction of sp³-hybridized carbons (Fsp3) is 0.167. The molecule has 3 nitrogen and oxygen atoms in total. The minimum absolute atomic E-state index is 0.492. The van der Waals surface area contributed by atoms with E-state index < -0.39 is 6.10 Å². The second kappa shape index (κ2) is 6.48. The van der Waals surface area contributed by atoms with Gasteiger partial charge in [-0.3, -0.25) is 4.98 Å². The largest absolute Gasteiger partial charge is 0.387 e. The smallest absolute Gasteiger partial charge is 0.0914 e. The van der Waals surface area contributed by atoms with E-state index in [1.807, 2.05) is 48.7 Å². The van der Waals surface area contributed by atoms with Crippen LogP contribution in [0.5, 0.6) is 0 Å². The predicted octanol–water partition coefficient (Wildman–Crippen LogP) is 3.06. The number of benzene rings is 2. The van der Waals surface area contributed by atoms with Crippen molar-refractivity contribution >= 4 is 10.9 Å². The van der Waals surface area contributed by atoms with Gasteiger partial charge >= 0.3 is 0 Å². The normalized spacial score (nSPS) is 12.4. The summed E-state index contributed by atoms with van der Waals surface area (Å²) in [5.74, 6) is 0. The van der Waals surface area contributed by atoms with Crippen molar-refractivity contribution in [2.24, 2.45) is 0 Å². The molecule has 0 aliphatic carbocycles. The lowest BCUT2D eigenvalue weighted by Crippen LogP contribution is -2.21. The zero-order valence-electron chi connectivity index (χ0n) is 11.7. The monoisotopic (exact) mass is 278 g/mol. The third kappa shape index (κ3) is 3.27. The van der Waals surface area contributed by atoms with Crippen LogP contribution in [0.15, 0.2) is 66.9 Å². The number of hydrogen-bond donors (Lipinski definition) is 2. The topological polar surface area (TPSA) is 45.1 Å². The minimum Gasteiger partial charge on any atom is -0.387 e. The molecule has 0 aliphatic rings. The summed E-state index contributed by atoms with van der Waals surface area (Å²) in [6.07, 6.45) is 1.32. The van der Waals surface area contributed by atoms with Crippen molar-refractivity contribution in [3.05, 3.63) is 78.0 Å². The SMILES string of the molecule is OC(CNCc1cccc2cccnc12)c1ccccc1. The number of para-hydroxylation sites is 1. The Morgan fingerprint density at radius 2 is 1.76 bits per heavy atom. The first-order valence-electron chi connectivity index (χ1n) is 7.11. The van der Waals surface area contributed by atoms with Gasteiger partial charge in [-0.05, 0) is 17.2 Å². The molecule has 2 N–H and O–H groups in total. The lowest BCUT2D eigenvalue weighted by atomic mass is 10.1. The van der Waals surface area contributed by atoms with Crippen LogP contribution in [0.2, 0.25) is 0 Å². The van der Waals surface area contributed by atoms with Crippen LogP contribution in [0.25, 0.3) is 10.9 Å². The number of pyridine rings is 1. The Labute approximate surface area is 124 Å². The zero-order valence-corrected chi connectivity index (χ0v) is 11.7. The summed E-state index contributed by atoms with van der Waals surface area (Å²) in [6.45, 7) is 1.21. The highest BCUT2D eigenvalue weighted by atomic mass is 16.3. The van der Waals surface area contributed by atoms with Crippen LogP contribution in [-0.4, -0.2) is 16.6 Å². The first-order chi connectivity index (χ1) is 10.3. The lowest BCUT2D eigenvalue weighted by molar-refractivity contribution is 0.174. The summed E-state index contributed by atoms with van der Waals surface area (Å²) in [7, 11) is 0. The number of fused-ring (bicyclic) bond motifs is 1. The molecule has 3 aromatic rings. The number of rotatable bonds is 5. The molecule has 1 heterocycles. The molecule has 106 valence electrons. The number of aliphatic hydroxyl groups is 1. The zero-order chi connectivity index (χ0) is 14.5. The molecule has 1 aromatic heterocycles. The first kappa shape index (κ1) is 13.7. The van der Waals surface area contributed by atoms with Gasteiger partial charge in [0.2, 0.25) is 0 Å². The predicted molar refractivity (Wildman–Crippen MR) is 84.9 cm³/mol. The molecule has 0 fully saturated rings. The fourth-order valence-electron chi connectivity index (χ4n) is 2.45. The summed E-state index contributed by atoms with van der Waals surface area (Å²) in [6, 6.07) is 19.9. The van der Waals surface area contributed by atoms with Gasteiger partial charge in [0.25, 0.3) is 0 Å². The minimum atomic E-state index is -0.492. The highest BCUT2D eigenvalue weighted by Crippen LogP contribution is 2.16. The molecule has 0 spiro atoms. The van der Waals surface area contributed by atoms with Crippen molar-refractivity contribution in [2.45, 2.75) is 12.6 Å². The van der Waals surface area contributed by atoms with E-state index in [0.29, 0.717) is 13.1 Å². The van der Waals surface area contributed by atoms with Crippen molar-refractivity contribution in [1.82, 2.24) is 10.3 Å². The van der Waals surface area contributed by atoms with Gasteiger partial charge in [0.15, 0.2) is 0 Å². The second-order valence-corrected chi connectivity index (χ2v) is 5.05. The maximum atomic E-state index is 10.1. The third-order valence-electron chi connectivity index (χ3n) is 3.55. The van der Waals surface area contributed by atoms with Crippen LogP contribution in [0.1, 0.15) is 17.2 Å². The third-order valence-corrected chi connectivity index (χ3v) is 3.55. The van der Waals surface area contributed by atoms with Crippen molar-refractivity contribution in [3.63, 3.8) is 0 Å². The van der Waals surface area contributed by atoms with Crippen LogP contribution in [0.3, 0.4) is 0 Å². The molecule has 1 atom stereocenters. The van der Waals surface area contributed by atoms with Gasteiger partial charge < -0.3 is 10.4 Å². The number of aromatic nitrogens is 1. The molecule has 0 saturated heterocycles. The molecular formula is C18H18N2O. The van der Waals surface area contributed by atoms with Gasteiger partial charge in [-0.1, -0.05) is 54.6 Å². The fourth-order valence-corrected chi connectivity index (χ4v) is 2.45. The van der Waals surface area contributed by atoms with E-state index in [-0.39, 0.29) is 0 Å². The molecule has 1 unspecified atom stereocenters. The first-order valence-corrected chi connectivity index (χ1v) is 7.11. The highest BCUT2D eigenvalue weighted by molar-refractivity contribution is 5.81. The van der Waals surface area contributed by atoms with Crippen molar-refractivity contribution in [3.8, 4) is 0 Å². The van der Waals surface area contributed by atoms with E-state index in [4.69, 9.17) is 0 Å². The molecule has 0 amide bonds. The molecule has 3 rings (SSSR count). The standard InChI is InChI=1S/C18H18N2O/c21-17(14-6-2-1-3-7-14)13-19-12-16-9-4-8-15-10-5-11-20-18(15)16/h1-11,17,19,21H,12-13H2. The second-order valence-electron chi connectivity index (χ2n) is 5.05. The Morgan fingerprint density at radius 1 is 0.952 bits per heavy atom. The maximum Gasteiger partial charge on any atom is 0.0914 e.